The minimum absolute atomic E-state index is 0.236. The average Bonchev–Trinajstić information content (AvgIpc) is 3.36. The van der Waals surface area contributed by atoms with Gasteiger partial charge in [-0.3, -0.25) is 0 Å². The lowest BCUT2D eigenvalue weighted by Gasteiger charge is -2.12. The van der Waals surface area contributed by atoms with E-state index in [4.69, 9.17) is 20.8 Å². The van der Waals surface area contributed by atoms with Gasteiger partial charge in [-0.05, 0) is 86.8 Å². The van der Waals surface area contributed by atoms with Crippen molar-refractivity contribution in [1.29, 1.82) is 0 Å². The molecule has 0 bridgehead atoms. The SMILES string of the molecule is Cc1ccc(CCCCS(C)(=O)=O)o1.Cc1ccc2ncnc(Nc3ccc(OCc4cccc(F)c4)c(Cl)c3)c2c1. The Morgan fingerprint density at radius 1 is 0.976 bits per heavy atom. The molecular weight excluding hydrogens is 577 g/mol. The van der Waals surface area contributed by atoms with Gasteiger partial charge in [0.05, 0.1) is 10.5 Å². The zero-order valence-electron chi connectivity index (χ0n) is 23.7. The quantitative estimate of drug-likeness (QED) is 0.160. The van der Waals surface area contributed by atoms with Crippen molar-refractivity contribution in [3.8, 4) is 5.75 Å². The van der Waals surface area contributed by atoms with Crippen LogP contribution in [0.3, 0.4) is 0 Å². The Kier molecular flexibility index (Phi) is 10.5. The summed E-state index contributed by atoms with van der Waals surface area (Å²) in [5.74, 6) is 3.06. The summed E-state index contributed by atoms with van der Waals surface area (Å²) in [7, 11) is -2.80. The number of ether oxygens (including phenoxy) is 1. The van der Waals surface area contributed by atoms with Gasteiger partial charge in [0.2, 0.25) is 0 Å². The third-order valence-electron chi connectivity index (χ3n) is 6.25. The summed E-state index contributed by atoms with van der Waals surface area (Å²) in [5, 5.41) is 4.67. The Morgan fingerprint density at radius 2 is 1.81 bits per heavy atom. The average molecular weight is 610 g/mol. The zero-order chi connectivity index (χ0) is 30.1. The summed E-state index contributed by atoms with van der Waals surface area (Å²) in [5.41, 5.74) is 3.51. The lowest BCUT2D eigenvalue weighted by Crippen LogP contribution is -2.02. The maximum Gasteiger partial charge on any atom is 0.147 e. The second-order valence-electron chi connectivity index (χ2n) is 10.0. The molecule has 0 radical (unpaired) electrons. The van der Waals surface area contributed by atoms with Gasteiger partial charge in [0.1, 0.15) is 51.7 Å². The van der Waals surface area contributed by atoms with E-state index >= 15 is 0 Å². The third-order valence-corrected chi connectivity index (χ3v) is 7.58. The van der Waals surface area contributed by atoms with Gasteiger partial charge in [-0.1, -0.05) is 35.4 Å². The number of sulfone groups is 1. The lowest BCUT2D eigenvalue weighted by atomic mass is 10.1. The van der Waals surface area contributed by atoms with Gasteiger partial charge in [0.25, 0.3) is 0 Å². The fourth-order valence-corrected chi connectivity index (χ4v) is 5.14. The van der Waals surface area contributed by atoms with Gasteiger partial charge in [-0.25, -0.2) is 22.8 Å². The highest BCUT2D eigenvalue weighted by atomic mass is 35.5. The highest BCUT2D eigenvalue weighted by molar-refractivity contribution is 7.90. The molecule has 0 unspecified atom stereocenters. The number of aryl methyl sites for hydroxylation is 3. The van der Waals surface area contributed by atoms with Crippen molar-refractivity contribution >= 4 is 43.8 Å². The fourth-order valence-electron chi connectivity index (χ4n) is 4.17. The molecule has 0 aliphatic heterocycles. The van der Waals surface area contributed by atoms with Crippen LogP contribution in [0.15, 0.2) is 83.5 Å². The molecule has 7 nitrogen and oxygen atoms in total. The molecule has 42 heavy (non-hydrogen) atoms. The largest absolute Gasteiger partial charge is 0.487 e. The van der Waals surface area contributed by atoms with E-state index in [9.17, 15) is 12.8 Å². The van der Waals surface area contributed by atoms with Crippen LogP contribution in [0.25, 0.3) is 10.9 Å². The number of furan rings is 1. The van der Waals surface area contributed by atoms with E-state index in [0.29, 0.717) is 23.0 Å². The molecule has 2 aromatic heterocycles. The molecule has 0 aliphatic rings. The number of hydrogen-bond donors (Lipinski definition) is 1. The number of halogens is 2. The fraction of sp³-hybridized carbons (Fsp3) is 0.250. The number of aromatic nitrogens is 2. The molecule has 0 aliphatic carbocycles. The van der Waals surface area contributed by atoms with Crippen LogP contribution in [0.4, 0.5) is 15.9 Å². The summed E-state index contributed by atoms with van der Waals surface area (Å²) in [4.78, 5) is 8.64. The molecule has 0 amide bonds. The van der Waals surface area contributed by atoms with Crippen LogP contribution >= 0.6 is 11.6 Å². The van der Waals surface area contributed by atoms with Gasteiger partial charge < -0.3 is 14.5 Å². The summed E-state index contributed by atoms with van der Waals surface area (Å²) in [6.07, 6.45) is 5.18. The molecule has 0 atom stereocenters. The normalized spacial score (nSPS) is 11.2. The Bertz CT molecular complexity index is 1760. The molecule has 220 valence electrons. The van der Waals surface area contributed by atoms with Crippen molar-refractivity contribution in [3.05, 3.63) is 113 Å². The molecule has 0 fully saturated rings. The van der Waals surface area contributed by atoms with Crippen LogP contribution in [-0.2, 0) is 22.9 Å². The molecule has 2 heterocycles. The minimum atomic E-state index is -2.80. The van der Waals surface area contributed by atoms with Crippen molar-refractivity contribution in [2.75, 3.05) is 17.3 Å². The van der Waals surface area contributed by atoms with Gasteiger partial charge in [0, 0.05) is 29.5 Å². The standard InChI is InChI=1S/C22H17ClFN3O.C10H16O3S/c1-14-5-7-20-18(9-14)22(26-13-25-20)27-17-6-8-21(19(23)11-17)28-12-15-3-2-4-16(24)10-15;1-9-6-7-10(13-9)5-3-4-8-14(2,11)12/h2-11,13H,12H2,1H3,(H,25,26,27);6-7H,3-5,8H2,1-2H3. The second-order valence-corrected chi connectivity index (χ2v) is 12.7. The van der Waals surface area contributed by atoms with Crippen LogP contribution in [-0.4, -0.2) is 30.4 Å². The molecule has 0 saturated heterocycles. The maximum absolute atomic E-state index is 13.3. The third kappa shape index (κ3) is 9.56. The van der Waals surface area contributed by atoms with E-state index in [-0.39, 0.29) is 18.2 Å². The van der Waals surface area contributed by atoms with Crippen molar-refractivity contribution in [3.63, 3.8) is 0 Å². The van der Waals surface area contributed by atoms with E-state index in [1.54, 1.807) is 24.3 Å². The van der Waals surface area contributed by atoms with Crippen LogP contribution in [0.1, 0.15) is 35.5 Å². The topological polar surface area (TPSA) is 94.3 Å². The number of fused-ring (bicyclic) bond motifs is 1. The highest BCUT2D eigenvalue weighted by Crippen LogP contribution is 2.31. The lowest BCUT2D eigenvalue weighted by molar-refractivity contribution is 0.306. The van der Waals surface area contributed by atoms with E-state index < -0.39 is 9.84 Å². The second kappa shape index (κ2) is 14.3. The number of benzene rings is 3. The minimum Gasteiger partial charge on any atom is -0.487 e. The Labute approximate surface area is 250 Å². The van der Waals surface area contributed by atoms with E-state index in [1.807, 2.05) is 50.2 Å². The van der Waals surface area contributed by atoms with E-state index in [0.717, 1.165) is 52.1 Å². The molecule has 10 heteroatoms. The van der Waals surface area contributed by atoms with Crippen molar-refractivity contribution in [2.24, 2.45) is 0 Å². The van der Waals surface area contributed by atoms with Crippen molar-refractivity contribution < 1.29 is 22.0 Å². The number of hydrogen-bond acceptors (Lipinski definition) is 7. The van der Waals surface area contributed by atoms with Crippen molar-refractivity contribution in [2.45, 2.75) is 39.7 Å². The first-order valence-corrected chi connectivity index (χ1v) is 15.9. The van der Waals surface area contributed by atoms with Gasteiger partial charge >= 0.3 is 0 Å². The van der Waals surface area contributed by atoms with Crippen molar-refractivity contribution in [1.82, 2.24) is 9.97 Å². The summed E-state index contributed by atoms with van der Waals surface area (Å²) < 4.78 is 46.0. The Balaban J connectivity index is 0.000000244. The first-order valence-electron chi connectivity index (χ1n) is 13.4. The summed E-state index contributed by atoms with van der Waals surface area (Å²) in [6.45, 7) is 4.16. The predicted molar refractivity (Wildman–Crippen MR) is 166 cm³/mol. The molecular formula is C32H33ClFN3O4S. The number of anilines is 2. The molecule has 5 rings (SSSR count). The molecule has 1 N–H and O–H groups in total. The molecule has 0 saturated carbocycles. The van der Waals surface area contributed by atoms with E-state index in [1.165, 1.54) is 24.7 Å². The summed E-state index contributed by atoms with van der Waals surface area (Å²) >= 11 is 6.36. The predicted octanol–water partition coefficient (Wildman–Crippen LogP) is 8.01. The number of nitrogens with one attached hydrogen (secondary N) is 1. The Morgan fingerprint density at radius 3 is 2.52 bits per heavy atom. The number of rotatable bonds is 10. The molecule has 3 aromatic carbocycles. The smallest absolute Gasteiger partial charge is 0.147 e. The highest BCUT2D eigenvalue weighted by Gasteiger charge is 2.08. The van der Waals surface area contributed by atoms with Gasteiger partial charge in [0.15, 0.2) is 0 Å². The van der Waals surface area contributed by atoms with Crippen LogP contribution in [0.5, 0.6) is 5.75 Å². The molecule has 0 spiro atoms. The van der Waals surface area contributed by atoms with Crippen LogP contribution < -0.4 is 10.1 Å². The van der Waals surface area contributed by atoms with Crippen LogP contribution in [0.2, 0.25) is 5.02 Å². The number of unbranched alkanes of at least 4 members (excludes halogenated alkanes) is 1. The zero-order valence-corrected chi connectivity index (χ0v) is 25.3. The van der Waals surface area contributed by atoms with Crippen LogP contribution in [0, 0.1) is 19.7 Å². The van der Waals surface area contributed by atoms with Gasteiger partial charge in [-0.2, -0.15) is 0 Å². The van der Waals surface area contributed by atoms with Gasteiger partial charge in [-0.15, -0.1) is 0 Å². The summed E-state index contributed by atoms with van der Waals surface area (Å²) in [6, 6.07) is 21.6. The monoisotopic (exact) mass is 609 g/mol. The molecule has 5 aromatic rings. The first-order chi connectivity index (χ1) is 20.1. The maximum atomic E-state index is 13.3. The first kappa shape index (κ1) is 31.0. The number of nitrogens with zero attached hydrogens (tertiary/aromatic N) is 2. The van der Waals surface area contributed by atoms with E-state index in [2.05, 4.69) is 15.3 Å². The Hall–Kier alpha value is -3.95.